The standard InChI is InChI=1S/C18H30N2/c1-5-19-13-18(3,17-9-7-6-8-10-17)14-20(4)15(2)16-11-12-16/h6-10,15-16,19H,5,11-14H2,1-4H3. The summed E-state index contributed by atoms with van der Waals surface area (Å²) >= 11 is 0. The monoisotopic (exact) mass is 274 g/mol. The summed E-state index contributed by atoms with van der Waals surface area (Å²) in [6.45, 7) is 10.1. The molecule has 2 nitrogen and oxygen atoms in total. The molecule has 2 rings (SSSR count). The van der Waals surface area contributed by atoms with Gasteiger partial charge in [0.25, 0.3) is 0 Å². The average Bonchev–Trinajstić information content (AvgIpc) is 3.30. The molecule has 1 aromatic carbocycles. The van der Waals surface area contributed by atoms with Crippen LogP contribution in [-0.4, -0.2) is 37.6 Å². The Morgan fingerprint density at radius 1 is 1.30 bits per heavy atom. The zero-order valence-electron chi connectivity index (χ0n) is 13.5. The highest BCUT2D eigenvalue weighted by molar-refractivity contribution is 5.25. The first-order chi connectivity index (χ1) is 9.57. The van der Waals surface area contributed by atoms with Gasteiger partial charge in [-0.3, -0.25) is 0 Å². The van der Waals surface area contributed by atoms with Crippen molar-refractivity contribution < 1.29 is 0 Å². The van der Waals surface area contributed by atoms with Crippen LogP contribution in [0.15, 0.2) is 30.3 Å². The van der Waals surface area contributed by atoms with Crippen molar-refractivity contribution >= 4 is 0 Å². The maximum absolute atomic E-state index is 3.55. The second-order valence-corrected chi connectivity index (χ2v) is 6.70. The van der Waals surface area contributed by atoms with E-state index in [4.69, 9.17) is 0 Å². The van der Waals surface area contributed by atoms with Crippen molar-refractivity contribution in [3.63, 3.8) is 0 Å². The molecule has 0 heterocycles. The van der Waals surface area contributed by atoms with Gasteiger partial charge in [-0.05, 0) is 44.8 Å². The van der Waals surface area contributed by atoms with E-state index in [9.17, 15) is 0 Å². The fourth-order valence-corrected chi connectivity index (χ4v) is 3.12. The van der Waals surface area contributed by atoms with Crippen molar-refractivity contribution in [2.45, 2.75) is 45.1 Å². The second kappa shape index (κ2) is 6.73. The number of nitrogens with zero attached hydrogens (tertiary/aromatic N) is 1. The summed E-state index contributed by atoms with van der Waals surface area (Å²) in [5, 5.41) is 3.55. The molecule has 0 spiro atoms. The van der Waals surface area contributed by atoms with Crippen LogP contribution >= 0.6 is 0 Å². The van der Waals surface area contributed by atoms with E-state index in [1.54, 1.807) is 0 Å². The first kappa shape index (κ1) is 15.5. The van der Waals surface area contributed by atoms with Crippen LogP contribution in [0.25, 0.3) is 0 Å². The van der Waals surface area contributed by atoms with Gasteiger partial charge >= 0.3 is 0 Å². The molecule has 1 aliphatic rings. The zero-order valence-corrected chi connectivity index (χ0v) is 13.5. The highest BCUT2D eigenvalue weighted by Crippen LogP contribution is 2.36. The van der Waals surface area contributed by atoms with Gasteiger partial charge in [0.2, 0.25) is 0 Å². The molecule has 0 bridgehead atoms. The summed E-state index contributed by atoms with van der Waals surface area (Å²) < 4.78 is 0. The third-order valence-corrected chi connectivity index (χ3v) is 4.83. The molecule has 0 amide bonds. The summed E-state index contributed by atoms with van der Waals surface area (Å²) in [5.74, 6) is 0.930. The van der Waals surface area contributed by atoms with E-state index in [1.165, 1.54) is 18.4 Å². The SMILES string of the molecule is CCNCC(C)(CN(C)C(C)C1CC1)c1ccccc1. The van der Waals surface area contributed by atoms with Crippen molar-refractivity contribution in [3.05, 3.63) is 35.9 Å². The minimum Gasteiger partial charge on any atom is -0.316 e. The number of likely N-dealkylation sites (N-methyl/N-ethyl adjacent to an activating group) is 2. The molecule has 1 aliphatic carbocycles. The Bertz CT molecular complexity index is 399. The van der Waals surface area contributed by atoms with Crippen molar-refractivity contribution in [1.29, 1.82) is 0 Å². The normalized spacial score (nSPS) is 19.9. The third-order valence-electron chi connectivity index (χ3n) is 4.83. The van der Waals surface area contributed by atoms with Crippen LogP contribution < -0.4 is 5.32 Å². The van der Waals surface area contributed by atoms with E-state index in [-0.39, 0.29) is 5.41 Å². The van der Waals surface area contributed by atoms with Gasteiger partial charge in [0.1, 0.15) is 0 Å². The molecule has 2 atom stereocenters. The van der Waals surface area contributed by atoms with E-state index in [2.05, 4.69) is 68.4 Å². The summed E-state index contributed by atoms with van der Waals surface area (Å²) in [7, 11) is 2.29. The van der Waals surface area contributed by atoms with Crippen LogP contribution in [-0.2, 0) is 5.41 Å². The lowest BCUT2D eigenvalue weighted by molar-refractivity contribution is 0.184. The minimum atomic E-state index is 0.176. The molecule has 0 radical (unpaired) electrons. The Balaban J connectivity index is 2.09. The molecule has 20 heavy (non-hydrogen) atoms. The molecule has 0 saturated heterocycles. The van der Waals surface area contributed by atoms with E-state index in [0.717, 1.165) is 25.6 Å². The first-order valence-electron chi connectivity index (χ1n) is 8.03. The molecule has 112 valence electrons. The van der Waals surface area contributed by atoms with E-state index >= 15 is 0 Å². The molecule has 0 aliphatic heterocycles. The average molecular weight is 274 g/mol. The van der Waals surface area contributed by atoms with E-state index < -0.39 is 0 Å². The lowest BCUT2D eigenvalue weighted by atomic mass is 9.81. The molecule has 1 fully saturated rings. The molecular weight excluding hydrogens is 244 g/mol. The predicted molar refractivity (Wildman–Crippen MR) is 87.2 cm³/mol. The summed E-state index contributed by atoms with van der Waals surface area (Å²) in [6, 6.07) is 11.7. The fourth-order valence-electron chi connectivity index (χ4n) is 3.12. The Labute approximate surface area is 124 Å². The highest BCUT2D eigenvalue weighted by atomic mass is 15.1. The fraction of sp³-hybridized carbons (Fsp3) is 0.667. The third kappa shape index (κ3) is 3.83. The van der Waals surface area contributed by atoms with Crippen LogP contribution in [0.5, 0.6) is 0 Å². The number of rotatable bonds is 8. The number of hydrogen-bond acceptors (Lipinski definition) is 2. The largest absolute Gasteiger partial charge is 0.316 e. The number of hydrogen-bond donors (Lipinski definition) is 1. The summed E-state index contributed by atoms with van der Waals surface area (Å²) in [5.41, 5.74) is 1.62. The predicted octanol–water partition coefficient (Wildman–Crippen LogP) is 3.28. The van der Waals surface area contributed by atoms with Crippen molar-refractivity contribution in [2.75, 3.05) is 26.7 Å². The van der Waals surface area contributed by atoms with Gasteiger partial charge in [0, 0.05) is 24.5 Å². The summed E-state index contributed by atoms with van der Waals surface area (Å²) in [4.78, 5) is 2.56. The maximum Gasteiger partial charge on any atom is 0.0177 e. The number of benzene rings is 1. The topological polar surface area (TPSA) is 15.3 Å². The molecule has 1 N–H and O–H groups in total. The van der Waals surface area contributed by atoms with Crippen LogP contribution in [0.1, 0.15) is 39.2 Å². The molecule has 1 saturated carbocycles. The van der Waals surface area contributed by atoms with Crippen LogP contribution in [0.2, 0.25) is 0 Å². The molecule has 1 aromatic rings. The van der Waals surface area contributed by atoms with E-state index in [0.29, 0.717) is 6.04 Å². The van der Waals surface area contributed by atoms with Gasteiger partial charge in [-0.2, -0.15) is 0 Å². The summed E-state index contributed by atoms with van der Waals surface area (Å²) in [6.07, 6.45) is 2.83. The van der Waals surface area contributed by atoms with Gasteiger partial charge in [-0.15, -0.1) is 0 Å². The van der Waals surface area contributed by atoms with Crippen molar-refractivity contribution in [3.8, 4) is 0 Å². The smallest absolute Gasteiger partial charge is 0.0177 e. The lowest BCUT2D eigenvalue weighted by Gasteiger charge is -2.37. The Morgan fingerprint density at radius 3 is 2.50 bits per heavy atom. The van der Waals surface area contributed by atoms with Gasteiger partial charge in [-0.25, -0.2) is 0 Å². The van der Waals surface area contributed by atoms with Crippen LogP contribution in [0.3, 0.4) is 0 Å². The zero-order chi connectivity index (χ0) is 14.6. The van der Waals surface area contributed by atoms with Gasteiger partial charge in [0.05, 0.1) is 0 Å². The molecular formula is C18H30N2. The molecule has 2 unspecified atom stereocenters. The molecule has 0 aromatic heterocycles. The lowest BCUT2D eigenvalue weighted by Crippen LogP contribution is -2.47. The van der Waals surface area contributed by atoms with Crippen molar-refractivity contribution in [2.24, 2.45) is 5.92 Å². The second-order valence-electron chi connectivity index (χ2n) is 6.70. The Morgan fingerprint density at radius 2 is 1.95 bits per heavy atom. The van der Waals surface area contributed by atoms with Gasteiger partial charge in [0.15, 0.2) is 0 Å². The van der Waals surface area contributed by atoms with Crippen LogP contribution in [0, 0.1) is 5.92 Å². The van der Waals surface area contributed by atoms with E-state index in [1.807, 2.05) is 0 Å². The maximum atomic E-state index is 3.55. The van der Waals surface area contributed by atoms with Gasteiger partial charge < -0.3 is 10.2 Å². The van der Waals surface area contributed by atoms with Gasteiger partial charge in [-0.1, -0.05) is 44.2 Å². The molecule has 2 heteroatoms. The first-order valence-corrected chi connectivity index (χ1v) is 8.03. The number of nitrogens with one attached hydrogen (secondary N) is 1. The van der Waals surface area contributed by atoms with Crippen LogP contribution in [0.4, 0.5) is 0 Å². The Hall–Kier alpha value is -0.860. The highest BCUT2D eigenvalue weighted by Gasteiger charge is 2.34. The quantitative estimate of drug-likeness (QED) is 0.782. The Kier molecular flexibility index (Phi) is 5.22. The minimum absolute atomic E-state index is 0.176. The van der Waals surface area contributed by atoms with Crippen molar-refractivity contribution in [1.82, 2.24) is 10.2 Å².